The monoisotopic (exact) mass is 296 g/mol. The molecule has 116 valence electrons. The summed E-state index contributed by atoms with van der Waals surface area (Å²) in [6, 6.07) is 3.46. The van der Waals surface area contributed by atoms with Crippen LogP contribution in [0.5, 0.6) is 0 Å². The van der Waals surface area contributed by atoms with Crippen LogP contribution >= 0.6 is 0 Å². The Kier molecular flexibility index (Phi) is 8.32. The van der Waals surface area contributed by atoms with Gasteiger partial charge in [-0.25, -0.2) is 13.6 Å². The predicted octanol–water partition coefficient (Wildman–Crippen LogP) is 4.88. The van der Waals surface area contributed by atoms with E-state index in [1.807, 2.05) is 0 Å². The van der Waals surface area contributed by atoms with Crippen LogP contribution in [-0.2, 0) is 9.53 Å². The second-order valence-electron chi connectivity index (χ2n) is 4.94. The molecule has 0 N–H and O–H groups in total. The van der Waals surface area contributed by atoms with Gasteiger partial charge in [-0.3, -0.25) is 0 Å². The number of hydrogen-bond donors (Lipinski definition) is 0. The minimum Gasteiger partial charge on any atom is -0.463 e. The average molecular weight is 296 g/mol. The van der Waals surface area contributed by atoms with E-state index in [9.17, 15) is 13.6 Å². The van der Waals surface area contributed by atoms with Gasteiger partial charge >= 0.3 is 5.97 Å². The van der Waals surface area contributed by atoms with Crippen molar-refractivity contribution in [3.63, 3.8) is 0 Å². The summed E-state index contributed by atoms with van der Waals surface area (Å²) in [4.78, 5) is 11.4. The highest BCUT2D eigenvalue weighted by Gasteiger charge is 2.01. The maximum Gasteiger partial charge on any atom is 0.330 e. The van der Waals surface area contributed by atoms with Gasteiger partial charge in [-0.15, -0.1) is 0 Å². The number of halogens is 2. The molecule has 0 spiro atoms. The van der Waals surface area contributed by atoms with Crippen molar-refractivity contribution in [2.75, 3.05) is 6.61 Å². The highest BCUT2D eigenvalue weighted by Crippen LogP contribution is 2.10. The molecule has 21 heavy (non-hydrogen) atoms. The summed E-state index contributed by atoms with van der Waals surface area (Å²) >= 11 is 0. The Hall–Kier alpha value is -1.71. The lowest BCUT2D eigenvalue weighted by atomic mass is 10.1. The Labute approximate surface area is 124 Å². The summed E-state index contributed by atoms with van der Waals surface area (Å²) in [6.45, 7) is 2.56. The Morgan fingerprint density at radius 1 is 1.10 bits per heavy atom. The van der Waals surface area contributed by atoms with Crippen LogP contribution in [0.2, 0.25) is 0 Å². The zero-order valence-electron chi connectivity index (χ0n) is 12.4. The van der Waals surface area contributed by atoms with Gasteiger partial charge in [0.1, 0.15) is 0 Å². The number of benzene rings is 1. The van der Waals surface area contributed by atoms with E-state index in [0.717, 1.165) is 31.4 Å². The van der Waals surface area contributed by atoms with Crippen molar-refractivity contribution in [2.24, 2.45) is 0 Å². The quantitative estimate of drug-likeness (QED) is 0.369. The molecule has 1 aromatic rings. The van der Waals surface area contributed by atoms with Gasteiger partial charge < -0.3 is 4.74 Å². The fraction of sp³-hybridized carbons (Fsp3) is 0.471. The molecule has 0 heterocycles. The van der Waals surface area contributed by atoms with Crippen LogP contribution < -0.4 is 0 Å². The molecule has 0 fully saturated rings. The average Bonchev–Trinajstić information content (AvgIpc) is 2.47. The molecular weight excluding hydrogens is 274 g/mol. The van der Waals surface area contributed by atoms with Crippen molar-refractivity contribution in [3.05, 3.63) is 41.5 Å². The first-order valence-corrected chi connectivity index (χ1v) is 7.43. The first-order valence-electron chi connectivity index (χ1n) is 7.43. The molecule has 0 bridgehead atoms. The molecule has 1 rings (SSSR count). The van der Waals surface area contributed by atoms with E-state index in [4.69, 9.17) is 4.74 Å². The highest BCUT2D eigenvalue weighted by atomic mass is 19.2. The highest BCUT2D eigenvalue weighted by molar-refractivity contribution is 5.87. The van der Waals surface area contributed by atoms with Crippen molar-refractivity contribution in [2.45, 2.75) is 45.4 Å². The fourth-order valence-electron chi connectivity index (χ4n) is 1.88. The van der Waals surface area contributed by atoms with Gasteiger partial charge in [-0.2, -0.15) is 0 Å². The first kappa shape index (κ1) is 17.3. The summed E-state index contributed by atoms with van der Waals surface area (Å²) in [7, 11) is 0. The third-order valence-corrected chi connectivity index (χ3v) is 3.10. The third kappa shape index (κ3) is 7.59. The second-order valence-corrected chi connectivity index (χ2v) is 4.94. The molecule has 0 aromatic heterocycles. The van der Waals surface area contributed by atoms with Gasteiger partial charge in [0.15, 0.2) is 11.6 Å². The SMILES string of the molecule is CCCCCCCCOC(=O)/C=C/c1ccc(F)c(F)c1. The van der Waals surface area contributed by atoms with E-state index in [0.29, 0.717) is 12.2 Å². The lowest BCUT2D eigenvalue weighted by Gasteiger charge is -2.02. The molecule has 0 amide bonds. The molecule has 0 radical (unpaired) electrons. The van der Waals surface area contributed by atoms with Gasteiger partial charge in [-0.1, -0.05) is 45.1 Å². The standard InChI is InChI=1S/C17H22F2O2/c1-2-3-4-5-6-7-12-21-17(20)11-9-14-8-10-15(18)16(19)13-14/h8-11,13H,2-7,12H2,1H3/b11-9+. The molecular formula is C17H22F2O2. The Morgan fingerprint density at radius 3 is 2.52 bits per heavy atom. The number of rotatable bonds is 9. The second kappa shape index (κ2) is 10.1. The number of ether oxygens (including phenoxy) is 1. The van der Waals surface area contributed by atoms with E-state index in [1.54, 1.807) is 0 Å². The van der Waals surface area contributed by atoms with E-state index >= 15 is 0 Å². The number of hydrogen-bond acceptors (Lipinski definition) is 2. The lowest BCUT2D eigenvalue weighted by Crippen LogP contribution is -2.02. The molecule has 2 nitrogen and oxygen atoms in total. The van der Waals surface area contributed by atoms with Gasteiger partial charge in [-0.05, 0) is 30.2 Å². The zero-order chi connectivity index (χ0) is 15.5. The summed E-state index contributed by atoms with van der Waals surface area (Å²) < 4.78 is 30.7. The van der Waals surface area contributed by atoms with Gasteiger partial charge in [0, 0.05) is 6.08 Å². The molecule has 0 aliphatic carbocycles. The van der Waals surface area contributed by atoms with Crippen LogP contribution in [0, 0.1) is 11.6 Å². The Bertz CT molecular complexity index is 470. The molecule has 0 saturated carbocycles. The van der Waals surface area contributed by atoms with Crippen LogP contribution in [0.3, 0.4) is 0 Å². The van der Waals surface area contributed by atoms with Gasteiger partial charge in [0.2, 0.25) is 0 Å². The minimum atomic E-state index is -0.933. The first-order chi connectivity index (χ1) is 10.1. The molecule has 0 aliphatic heterocycles. The smallest absolute Gasteiger partial charge is 0.330 e. The molecule has 4 heteroatoms. The Morgan fingerprint density at radius 2 is 1.81 bits per heavy atom. The topological polar surface area (TPSA) is 26.3 Å². The van der Waals surface area contributed by atoms with Crippen LogP contribution in [0.1, 0.15) is 51.0 Å². The third-order valence-electron chi connectivity index (χ3n) is 3.10. The van der Waals surface area contributed by atoms with Crippen molar-refractivity contribution >= 4 is 12.0 Å². The van der Waals surface area contributed by atoms with Crippen molar-refractivity contribution < 1.29 is 18.3 Å². The number of unbranched alkanes of at least 4 members (excludes halogenated alkanes) is 5. The van der Waals surface area contributed by atoms with E-state index in [-0.39, 0.29) is 0 Å². The van der Waals surface area contributed by atoms with Gasteiger partial charge in [0.25, 0.3) is 0 Å². The van der Waals surface area contributed by atoms with E-state index in [1.165, 1.54) is 37.5 Å². The Balaban J connectivity index is 2.21. The van der Waals surface area contributed by atoms with Crippen LogP contribution in [0.25, 0.3) is 6.08 Å². The zero-order valence-corrected chi connectivity index (χ0v) is 12.4. The van der Waals surface area contributed by atoms with E-state index in [2.05, 4.69) is 6.92 Å². The maximum atomic E-state index is 13.0. The minimum absolute atomic E-state index is 0.396. The molecule has 0 saturated heterocycles. The van der Waals surface area contributed by atoms with Crippen LogP contribution in [0.15, 0.2) is 24.3 Å². The summed E-state index contributed by atoms with van der Waals surface area (Å²) in [6.07, 6.45) is 9.39. The lowest BCUT2D eigenvalue weighted by molar-refractivity contribution is -0.137. The molecule has 0 unspecified atom stereocenters. The van der Waals surface area contributed by atoms with E-state index < -0.39 is 17.6 Å². The number of esters is 1. The number of carbonyl (C=O) groups excluding carboxylic acids is 1. The molecule has 1 aromatic carbocycles. The summed E-state index contributed by atoms with van der Waals surface area (Å²) in [5.41, 5.74) is 0.422. The molecule has 0 atom stereocenters. The van der Waals surface area contributed by atoms with Crippen molar-refractivity contribution in [1.82, 2.24) is 0 Å². The van der Waals surface area contributed by atoms with Crippen LogP contribution in [-0.4, -0.2) is 12.6 Å². The number of carbonyl (C=O) groups is 1. The van der Waals surface area contributed by atoms with Gasteiger partial charge in [0.05, 0.1) is 6.61 Å². The summed E-state index contributed by atoms with van der Waals surface area (Å²) in [5.74, 6) is -2.30. The summed E-state index contributed by atoms with van der Waals surface area (Å²) in [5, 5.41) is 0. The fourth-order valence-corrected chi connectivity index (χ4v) is 1.88. The largest absolute Gasteiger partial charge is 0.463 e. The maximum absolute atomic E-state index is 13.0. The van der Waals surface area contributed by atoms with Crippen LogP contribution in [0.4, 0.5) is 8.78 Å². The molecule has 0 aliphatic rings. The predicted molar refractivity (Wildman–Crippen MR) is 79.7 cm³/mol. The van der Waals surface area contributed by atoms with Crippen molar-refractivity contribution in [1.29, 1.82) is 0 Å². The normalized spacial score (nSPS) is 11.0. The van der Waals surface area contributed by atoms with Crippen molar-refractivity contribution in [3.8, 4) is 0 Å².